The molecule has 3 rings (SSSR count). The summed E-state index contributed by atoms with van der Waals surface area (Å²) in [6.45, 7) is 8.96. The number of H-pyrrole nitrogens is 1. The standard InChI is InChI=1S/C16H21N3/c1-11(2)19-6-4-5-13(10-19)15-8-16-14(7-12(15)3)9-17-18-16/h5,7-9,11H,4,6,10H2,1-3H3,(H,17,18). The lowest BCUT2D eigenvalue weighted by molar-refractivity contribution is 0.248. The van der Waals surface area contributed by atoms with E-state index in [9.17, 15) is 0 Å². The lowest BCUT2D eigenvalue weighted by Gasteiger charge is -2.31. The van der Waals surface area contributed by atoms with Crippen molar-refractivity contribution in [2.75, 3.05) is 13.1 Å². The molecule has 3 heteroatoms. The van der Waals surface area contributed by atoms with Crippen molar-refractivity contribution in [1.82, 2.24) is 15.1 Å². The molecule has 0 aliphatic carbocycles. The van der Waals surface area contributed by atoms with Crippen LogP contribution >= 0.6 is 0 Å². The van der Waals surface area contributed by atoms with Crippen molar-refractivity contribution >= 4 is 16.5 Å². The maximum absolute atomic E-state index is 4.12. The second-order valence-corrected chi connectivity index (χ2v) is 5.71. The van der Waals surface area contributed by atoms with Crippen molar-refractivity contribution in [2.24, 2.45) is 0 Å². The minimum atomic E-state index is 0.611. The van der Waals surface area contributed by atoms with Gasteiger partial charge in [-0.3, -0.25) is 10.00 Å². The van der Waals surface area contributed by atoms with Gasteiger partial charge in [0.15, 0.2) is 0 Å². The van der Waals surface area contributed by atoms with E-state index in [2.05, 4.69) is 54.1 Å². The van der Waals surface area contributed by atoms with E-state index in [1.807, 2.05) is 6.20 Å². The van der Waals surface area contributed by atoms with Gasteiger partial charge in [0.05, 0.1) is 11.7 Å². The predicted octanol–water partition coefficient (Wildman–Crippen LogP) is 3.37. The molecule has 1 aromatic heterocycles. The molecule has 1 aliphatic rings. The van der Waals surface area contributed by atoms with Crippen LogP contribution in [-0.4, -0.2) is 34.2 Å². The van der Waals surface area contributed by atoms with E-state index in [4.69, 9.17) is 0 Å². The Bertz CT molecular complexity index is 622. The minimum absolute atomic E-state index is 0.611. The van der Waals surface area contributed by atoms with Crippen molar-refractivity contribution < 1.29 is 0 Å². The summed E-state index contributed by atoms with van der Waals surface area (Å²) in [4.78, 5) is 2.53. The molecule has 0 fully saturated rings. The highest BCUT2D eigenvalue weighted by Gasteiger charge is 2.17. The Kier molecular flexibility index (Phi) is 3.15. The molecule has 1 aliphatic heterocycles. The van der Waals surface area contributed by atoms with Crippen LogP contribution in [0.1, 0.15) is 31.4 Å². The van der Waals surface area contributed by atoms with Crippen molar-refractivity contribution in [3.05, 3.63) is 35.5 Å². The summed E-state index contributed by atoms with van der Waals surface area (Å²) in [5.74, 6) is 0. The molecule has 0 saturated heterocycles. The van der Waals surface area contributed by atoms with E-state index < -0.39 is 0 Å². The Morgan fingerprint density at radius 1 is 1.32 bits per heavy atom. The fourth-order valence-corrected chi connectivity index (χ4v) is 2.85. The normalized spacial score (nSPS) is 17.2. The molecule has 0 bridgehead atoms. The molecule has 2 aromatic rings. The Morgan fingerprint density at radius 2 is 2.16 bits per heavy atom. The number of nitrogens with zero attached hydrogens (tertiary/aromatic N) is 2. The Morgan fingerprint density at radius 3 is 2.95 bits per heavy atom. The quantitative estimate of drug-likeness (QED) is 0.892. The molecule has 2 heterocycles. The maximum Gasteiger partial charge on any atom is 0.0656 e. The molecule has 3 nitrogen and oxygen atoms in total. The number of benzene rings is 1. The van der Waals surface area contributed by atoms with Crippen LogP contribution in [-0.2, 0) is 0 Å². The third-order valence-corrected chi connectivity index (χ3v) is 4.04. The highest BCUT2D eigenvalue weighted by atomic mass is 15.1. The summed E-state index contributed by atoms with van der Waals surface area (Å²) in [6, 6.07) is 5.08. The molecular formula is C16H21N3. The first-order valence-electron chi connectivity index (χ1n) is 7.02. The van der Waals surface area contributed by atoms with Crippen LogP contribution in [0.4, 0.5) is 0 Å². The van der Waals surface area contributed by atoms with Gasteiger partial charge in [0.25, 0.3) is 0 Å². The summed E-state index contributed by atoms with van der Waals surface area (Å²) < 4.78 is 0. The lowest BCUT2D eigenvalue weighted by atomic mass is 9.95. The first kappa shape index (κ1) is 12.4. The lowest BCUT2D eigenvalue weighted by Crippen LogP contribution is -2.35. The van der Waals surface area contributed by atoms with Gasteiger partial charge in [-0.15, -0.1) is 0 Å². The van der Waals surface area contributed by atoms with Gasteiger partial charge >= 0.3 is 0 Å². The van der Waals surface area contributed by atoms with Gasteiger partial charge in [0.1, 0.15) is 0 Å². The molecule has 0 spiro atoms. The van der Waals surface area contributed by atoms with Crippen molar-refractivity contribution in [1.29, 1.82) is 0 Å². The predicted molar refractivity (Wildman–Crippen MR) is 80.1 cm³/mol. The Hall–Kier alpha value is -1.61. The molecule has 0 unspecified atom stereocenters. The number of aryl methyl sites for hydroxylation is 1. The molecule has 1 N–H and O–H groups in total. The number of aromatic amines is 1. The highest BCUT2D eigenvalue weighted by Crippen LogP contribution is 2.27. The van der Waals surface area contributed by atoms with Crippen molar-refractivity contribution in [2.45, 2.75) is 33.2 Å². The van der Waals surface area contributed by atoms with E-state index in [0.29, 0.717) is 6.04 Å². The van der Waals surface area contributed by atoms with E-state index in [1.54, 1.807) is 0 Å². The zero-order valence-electron chi connectivity index (χ0n) is 11.9. The average molecular weight is 255 g/mol. The van der Waals surface area contributed by atoms with Crippen LogP contribution in [0.15, 0.2) is 24.4 Å². The van der Waals surface area contributed by atoms with Crippen LogP contribution < -0.4 is 0 Å². The van der Waals surface area contributed by atoms with E-state index >= 15 is 0 Å². The van der Waals surface area contributed by atoms with Gasteiger partial charge in [-0.25, -0.2) is 0 Å². The van der Waals surface area contributed by atoms with E-state index in [-0.39, 0.29) is 0 Å². The molecular weight excluding hydrogens is 234 g/mol. The van der Waals surface area contributed by atoms with Crippen molar-refractivity contribution in [3.8, 4) is 0 Å². The largest absolute Gasteiger partial charge is 0.296 e. The Labute approximate surface area is 114 Å². The van der Waals surface area contributed by atoms with Gasteiger partial charge < -0.3 is 0 Å². The fourth-order valence-electron chi connectivity index (χ4n) is 2.85. The summed E-state index contributed by atoms with van der Waals surface area (Å²) in [5, 5.41) is 8.38. The smallest absolute Gasteiger partial charge is 0.0656 e. The second-order valence-electron chi connectivity index (χ2n) is 5.71. The van der Waals surface area contributed by atoms with Crippen molar-refractivity contribution in [3.63, 3.8) is 0 Å². The molecule has 1 aromatic carbocycles. The second kappa shape index (κ2) is 4.82. The zero-order valence-corrected chi connectivity index (χ0v) is 11.9. The maximum atomic E-state index is 4.12. The fraction of sp³-hybridized carbons (Fsp3) is 0.438. The molecule has 0 radical (unpaired) electrons. The number of hydrogen-bond donors (Lipinski definition) is 1. The highest BCUT2D eigenvalue weighted by molar-refractivity contribution is 5.85. The van der Waals surface area contributed by atoms with Gasteiger partial charge in [0.2, 0.25) is 0 Å². The summed E-state index contributed by atoms with van der Waals surface area (Å²) >= 11 is 0. The van der Waals surface area contributed by atoms with Gasteiger partial charge in [0, 0.05) is 24.5 Å². The van der Waals surface area contributed by atoms with E-state index in [1.165, 1.54) is 28.6 Å². The third-order valence-electron chi connectivity index (χ3n) is 4.04. The van der Waals surface area contributed by atoms with E-state index in [0.717, 1.165) is 18.5 Å². The number of rotatable bonds is 2. The molecule has 0 atom stereocenters. The summed E-state index contributed by atoms with van der Waals surface area (Å²) in [7, 11) is 0. The summed E-state index contributed by atoms with van der Waals surface area (Å²) in [5.41, 5.74) is 5.28. The van der Waals surface area contributed by atoms with Gasteiger partial charge in [-0.05, 0) is 56.0 Å². The minimum Gasteiger partial charge on any atom is -0.296 e. The number of nitrogens with one attached hydrogen (secondary N) is 1. The third kappa shape index (κ3) is 2.30. The number of aromatic nitrogens is 2. The molecule has 100 valence electrons. The van der Waals surface area contributed by atoms with Crippen LogP contribution in [0.25, 0.3) is 16.5 Å². The molecule has 19 heavy (non-hydrogen) atoms. The SMILES string of the molecule is Cc1cc2cn[nH]c2cc1C1=CCCN(C(C)C)C1. The van der Waals surface area contributed by atoms with Crippen LogP contribution in [0.3, 0.4) is 0 Å². The van der Waals surface area contributed by atoms with Crippen LogP contribution in [0.2, 0.25) is 0 Å². The average Bonchev–Trinajstić information content (AvgIpc) is 2.85. The van der Waals surface area contributed by atoms with Gasteiger partial charge in [-0.2, -0.15) is 5.10 Å². The summed E-state index contributed by atoms with van der Waals surface area (Å²) in [6.07, 6.45) is 5.43. The monoisotopic (exact) mass is 255 g/mol. The first-order valence-corrected chi connectivity index (χ1v) is 7.02. The molecule has 0 amide bonds. The zero-order chi connectivity index (χ0) is 13.4. The number of hydrogen-bond acceptors (Lipinski definition) is 2. The Balaban J connectivity index is 1.99. The molecule has 0 saturated carbocycles. The first-order chi connectivity index (χ1) is 9.15. The van der Waals surface area contributed by atoms with Crippen LogP contribution in [0.5, 0.6) is 0 Å². The topological polar surface area (TPSA) is 31.9 Å². The van der Waals surface area contributed by atoms with Crippen LogP contribution in [0, 0.1) is 6.92 Å². The van der Waals surface area contributed by atoms with Gasteiger partial charge in [-0.1, -0.05) is 6.08 Å². The number of fused-ring (bicyclic) bond motifs is 1.